The number of hydrogen-bond donors (Lipinski definition) is 3. The summed E-state index contributed by atoms with van der Waals surface area (Å²) in [6.07, 6.45) is 3.49. The van der Waals surface area contributed by atoms with Gasteiger partial charge in [0.25, 0.3) is 0 Å². The monoisotopic (exact) mass is 465 g/mol. The molecule has 1 aliphatic rings. The topological polar surface area (TPSA) is 125 Å². The minimum Gasteiger partial charge on any atom is -0.352 e. The zero-order valence-corrected chi connectivity index (χ0v) is 18.8. The molecule has 0 saturated carbocycles. The zero-order chi connectivity index (χ0) is 22.6. The fourth-order valence-corrected chi connectivity index (χ4v) is 4.99. The molecule has 0 spiro atoms. The molecule has 4 N–H and O–H groups in total. The van der Waals surface area contributed by atoms with Crippen LogP contribution in [-0.2, 0) is 0 Å². The van der Waals surface area contributed by atoms with Gasteiger partial charge in [-0.05, 0) is 40.6 Å². The van der Waals surface area contributed by atoms with Crippen molar-refractivity contribution in [1.82, 2.24) is 35.1 Å². The molecule has 0 unspecified atom stereocenters. The Balaban J connectivity index is 1.31. The largest absolute Gasteiger partial charge is 0.352 e. The van der Waals surface area contributed by atoms with E-state index in [1.165, 1.54) is 0 Å². The van der Waals surface area contributed by atoms with Crippen molar-refractivity contribution < 1.29 is 0 Å². The summed E-state index contributed by atoms with van der Waals surface area (Å²) in [5.41, 5.74) is 13.7. The molecule has 1 aromatic carbocycles. The van der Waals surface area contributed by atoms with Crippen LogP contribution in [0.25, 0.3) is 56.1 Å². The third-order valence-electron chi connectivity index (χ3n) is 6.09. The van der Waals surface area contributed by atoms with Crippen LogP contribution in [0.4, 0.5) is 5.82 Å². The first-order valence-electron chi connectivity index (χ1n) is 10.9. The Labute approximate surface area is 197 Å². The van der Waals surface area contributed by atoms with Crippen LogP contribution in [0.5, 0.6) is 0 Å². The van der Waals surface area contributed by atoms with Gasteiger partial charge in [-0.3, -0.25) is 10.1 Å². The highest BCUT2D eigenvalue weighted by molar-refractivity contribution is 7.08. The number of anilines is 1. The molecule has 0 radical (unpaired) electrons. The maximum atomic E-state index is 5.92. The van der Waals surface area contributed by atoms with Crippen LogP contribution < -0.4 is 10.6 Å². The van der Waals surface area contributed by atoms with Crippen molar-refractivity contribution in [2.75, 3.05) is 18.0 Å². The van der Waals surface area contributed by atoms with E-state index >= 15 is 0 Å². The maximum absolute atomic E-state index is 5.92. The molecule has 6 aromatic rings. The summed E-state index contributed by atoms with van der Waals surface area (Å²) in [5.74, 6) is 1.48. The van der Waals surface area contributed by atoms with E-state index in [4.69, 9.17) is 20.7 Å². The summed E-state index contributed by atoms with van der Waals surface area (Å²) in [5, 5.41) is 11.8. The molecule has 5 aromatic heterocycles. The molecular weight excluding hydrogens is 446 g/mol. The van der Waals surface area contributed by atoms with Crippen LogP contribution in [0.15, 0.2) is 59.6 Å². The lowest BCUT2D eigenvalue weighted by Gasteiger charge is -2.37. The van der Waals surface area contributed by atoms with Crippen molar-refractivity contribution in [2.45, 2.75) is 6.04 Å². The molecular formula is C24H19N9S. The van der Waals surface area contributed by atoms with E-state index < -0.39 is 0 Å². The number of nitrogens with zero attached hydrogens (tertiary/aromatic N) is 6. The number of imidazole rings is 1. The molecule has 34 heavy (non-hydrogen) atoms. The summed E-state index contributed by atoms with van der Waals surface area (Å²) < 4.78 is 0. The van der Waals surface area contributed by atoms with Crippen LogP contribution in [0, 0.1) is 0 Å². The quantitative estimate of drug-likeness (QED) is 0.361. The summed E-state index contributed by atoms with van der Waals surface area (Å²) in [7, 11) is 0. The number of aromatic amines is 2. The van der Waals surface area contributed by atoms with Gasteiger partial charge >= 0.3 is 0 Å². The zero-order valence-electron chi connectivity index (χ0n) is 17.9. The predicted octanol–water partition coefficient (Wildman–Crippen LogP) is 3.83. The van der Waals surface area contributed by atoms with Crippen molar-refractivity contribution in [3.05, 3.63) is 59.6 Å². The number of nitrogens with one attached hydrogen (secondary N) is 2. The molecule has 1 saturated heterocycles. The molecule has 6 heterocycles. The van der Waals surface area contributed by atoms with Gasteiger partial charge in [0.2, 0.25) is 0 Å². The minimum absolute atomic E-state index is 0.192. The first-order chi connectivity index (χ1) is 16.7. The molecule has 0 aliphatic carbocycles. The number of aromatic nitrogens is 7. The second-order valence-electron chi connectivity index (χ2n) is 8.39. The molecule has 7 rings (SSSR count). The number of rotatable bonds is 4. The highest BCUT2D eigenvalue weighted by atomic mass is 32.1. The number of pyridine rings is 1. The van der Waals surface area contributed by atoms with Gasteiger partial charge in [0.1, 0.15) is 17.0 Å². The van der Waals surface area contributed by atoms with Crippen LogP contribution in [0.1, 0.15) is 0 Å². The summed E-state index contributed by atoms with van der Waals surface area (Å²) in [4.78, 5) is 24.5. The number of benzene rings is 1. The van der Waals surface area contributed by atoms with E-state index in [0.29, 0.717) is 17.2 Å². The van der Waals surface area contributed by atoms with Crippen LogP contribution in [-0.4, -0.2) is 54.2 Å². The van der Waals surface area contributed by atoms with Gasteiger partial charge in [-0.1, -0.05) is 12.1 Å². The average Bonchev–Trinajstić information content (AvgIpc) is 3.60. The van der Waals surface area contributed by atoms with Gasteiger partial charge in [0, 0.05) is 24.7 Å². The number of fused-ring (bicyclic) bond motifs is 2. The number of hydrogen-bond acceptors (Lipinski definition) is 8. The first-order valence-corrected chi connectivity index (χ1v) is 11.9. The van der Waals surface area contributed by atoms with Crippen molar-refractivity contribution in [1.29, 1.82) is 0 Å². The predicted molar refractivity (Wildman–Crippen MR) is 134 cm³/mol. The standard InChI is InChI=1S/C24H19N9S/c25-14-10-33(11-14)20-9-26-8-19(27-20)16-4-5-18-22(28-16)23(32-31-18)24-29-17-3-1-2-15(21(17)30-24)13-6-7-34-12-13/h1-9,12,14H,10-11,25H2,(H,29,30)(H,31,32). The number of para-hydroxylation sites is 1. The molecule has 1 fully saturated rings. The smallest absolute Gasteiger partial charge is 0.161 e. The van der Waals surface area contributed by atoms with E-state index in [9.17, 15) is 0 Å². The van der Waals surface area contributed by atoms with Gasteiger partial charge < -0.3 is 15.6 Å². The van der Waals surface area contributed by atoms with Crippen LogP contribution in [0.2, 0.25) is 0 Å². The fraction of sp³-hybridized carbons (Fsp3) is 0.125. The Morgan fingerprint density at radius 1 is 0.941 bits per heavy atom. The molecule has 0 atom stereocenters. The normalized spacial score (nSPS) is 14.2. The number of thiophene rings is 1. The highest BCUT2D eigenvalue weighted by Gasteiger charge is 2.25. The van der Waals surface area contributed by atoms with E-state index in [-0.39, 0.29) is 6.04 Å². The van der Waals surface area contributed by atoms with Gasteiger partial charge in [-0.25, -0.2) is 15.0 Å². The summed E-state index contributed by atoms with van der Waals surface area (Å²) in [6.45, 7) is 1.58. The fourth-order valence-electron chi connectivity index (χ4n) is 4.33. The van der Waals surface area contributed by atoms with Crippen molar-refractivity contribution in [3.63, 3.8) is 0 Å². The molecule has 10 heteroatoms. The molecule has 0 bridgehead atoms. The molecule has 0 amide bonds. The molecule has 9 nitrogen and oxygen atoms in total. The Morgan fingerprint density at radius 2 is 1.88 bits per heavy atom. The second-order valence-corrected chi connectivity index (χ2v) is 9.17. The van der Waals surface area contributed by atoms with E-state index in [1.807, 2.05) is 24.3 Å². The van der Waals surface area contributed by atoms with Crippen molar-refractivity contribution in [2.24, 2.45) is 5.73 Å². The second kappa shape index (κ2) is 7.44. The number of H-pyrrole nitrogens is 2. The van der Waals surface area contributed by atoms with Crippen LogP contribution >= 0.6 is 11.3 Å². The lowest BCUT2D eigenvalue weighted by Crippen LogP contribution is -2.56. The summed E-state index contributed by atoms with van der Waals surface area (Å²) >= 11 is 1.67. The van der Waals surface area contributed by atoms with Gasteiger partial charge in [0.15, 0.2) is 11.5 Å². The lowest BCUT2D eigenvalue weighted by atomic mass is 10.1. The molecule has 166 valence electrons. The Bertz CT molecular complexity index is 1640. The Kier molecular flexibility index (Phi) is 4.23. The Morgan fingerprint density at radius 3 is 2.74 bits per heavy atom. The third-order valence-corrected chi connectivity index (χ3v) is 6.78. The summed E-state index contributed by atoms with van der Waals surface area (Å²) in [6, 6.07) is 12.3. The lowest BCUT2D eigenvalue weighted by molar-refractivity contribution is 0.514. The maximum Gasteiger partial charge on any atom is 0.161 e. The Hall–Kier alpha value is -4.15. The highest BCUT2D eigenvalue weighted by Crippen LogP contribution is 2.32. The van der Waals surface area contributed by atoms with E-state index in [1.54, 1.807) is 23.7 Å². The van der Waals surface area contributed by atoms with E-state index in [0.717, 1.165) is 57.8 Å². The minimum atomic E-state index is 0.192. The van der Waals surface area contributed by atoms with Crippen molar-refractivity contribution in [3.8, 4) is 34.0 Å². The number of nitrogens with two attached hydrogens (primary N) is 1. The van der Waals surface area contributed by atoms with Gasteiger partial charge in [0.05, 0.1) is 34.6 Å². The average molecular weight is 466 g/mol. The van der Waals surface area contributed by atoms with Crippen LogP contribution in [0.3, 0.4) is 0 Å². The van der Waals surface area contributed by atoms with E-state index in [2.05, 4.69) is 48.0 Å². The third kappa shape index (κ3) is 3.07. The van der Waals surface area contributed by atoms with Crippen molar-refractivity contribution >= 4 is 39.2 Å². The first kappa shape index (κ1) is 19.3. The SMILES string of the molecule is NC1CN(c2cncc(-c3ccc4[nH]nc(-c5nc6c(-c7ccsc7)cccc6[nH]5)c4n3)n2)C1. The van der Waals surface area contributed by atoms with Gasteiger partial charge in [-0.15, -0.1) is 0 Å². The van der Waals surface area contributed by atoms with Gasteiger partial charge in [-0.2, -0.15) is 16.4 Å². The molecule has 1 aliphatic heterocycles.